The van der Waals surface area contributed by atoms with Gasteiger partial charge in [-0.1, -0.05) is 31.5 Å². The van der Waals surface area contributed by atoms with Gasteiger partial charge in [-0.05, 0) is 49.0 Å². The van der Waals surface area contributed by atoms with Gasteiger partial charge in [0.2, 0.25) is 0 Å². The summed E-state index contributed by atoms with van der Waals surface area (Å²) in [7, 11) is 0. The molecule has 3 atom stereocenters. The van der Waals surface area contributed by atoms with Crippen LogP contribution in [0.5, 0.6) is 0 Å². The molecule has 2 aromatic rings. The highest BCUT2D eigenvalue weighted by molar-refractivity contribution is 7.71. The maximum Gasteiger partial charge on any atom is 0.178 e. The van der Waals surface area contributed by atoms with E-state index in [1.165, 1.54) is 12.8 Å². The average molecular weight is 281 g/mol. The molecule has 1 saturated carbocycles. The first-order valence-electron chi connectivity index (χ1n) is 6.48. The van der Waals surface area contributed by atoms with Gasteiger partial charge in [0, 0.05) is 6.04 Å². The van der Waals surface area contributed by atoms with Gasteiger partial charge < -0.3 is 9.55 Å². The van der Waals surface area contributed by atoms with E-state index in [1.807, 2.05) is 18.2 Å². The van der Waals surface area contributed by atoms with E-state index in [0.717, 1.165) is 26.7 Å². The number of nitrogens with zero attached hydrogens (tertiary/aromatic N) is 1. The SMILES string of the molecule is CC1CCC(n2c(=S)[nH]c3cccc(Cl)c32)C1C. The van der Waals surface area contributed by atoms with Gasteiger partial charge in [-0.15, -0.1) is 0 Å². The van der Waals surface area contributed by atoms with E-state index in [9.17, 15) is 0 Å². The molecule has 18 heavy (non-hydrogen) atoms. The number of para-hydroxylation sites is 1. The highest BCUT2D eigenvalue weighted by Crippen LogP contribution is 2.42. The van der Waals surface area contributed by atoms with Gasteiger partial charge in [0.1, 0.15) is 0 Å². The van der Waals surface area contributed by atoms with Gasteiger partial charge in [0.05, 0.1) is 16.1 Å². The zero-order chi connectivity index (χ0) is 12.9. The van der Waals surface area contributed by atoms with Crippen LogP contribution >= 0.6 is 23.8 Å². The number of hydrogen-bond donors (Lipinski definition) is 1. The summed E-state index contributed by atoms with van der Waals surface area (Å²) in [5.74, 6) is 1.40. The predicted octanol–water partition coefficient (Wildman–Crippen LogP) is 4.96. The fraction of sp³-hybridized carbons (Fsp3) is 0.500. The molecule has 1 aliphatic carbocycles. The lowest BCUT2D eigenvalue weighted by molar-refractivity contribution is 0.356. The molecule has 1 heterocycles. The van der Waals surface area contributed by atoms with Gasteiger partial charge in [0.25, 0.3) is 0 Å². The largest absolute Gasteiger partial charge is 0.331 e. The number of nitrogens with one attached hydrogen (secondary N) is 1. The van der Waals surface area contributed by atoms with E-state index in [4.69, 9.17) is 23.8 Å². The van der Waals surface area contributed by atoms with Crippen molar-refractivity contribution in [3.05, 3.63) is 28.0 Å². The molecule has 2 nitrogen and oxygen atoms in total. The van der Waals surface area contributed by atoms with Crippen molar-refractivity contribution in [2.45, 2.75) is 32.7 Å². The highest BCUT2D eigenvalue weighted by Gasteiger charge is 2.32. The third-order valence-corrected chi connectivity index (χ3v) is 5.05. The van der Waals surface area contributed by atoms with E-state index >= 15 is 0 Å². The van der Waals surface area contributed by atoms with E-state index in [-0.39, 0.29) is 0 Å². The lowest BCUT2D eigenvalue weighted by Crippen LogP contribution is -2.14. The first-order chi connectivity index (χ1) is 8.59. The number of aromatic nitrogens is 2. The molecule has 1 aromatic carbocycles. The lowest BCUT2D eigenvalue weighted by Gasteiger charge is -2.21. The minimum atomic E-state index is 0.473. The summed E-state index contributed by atoms with van der Waals surface area (Å²) in [5.41, 5.74) is 2.11. The third-order valence-electron chi connectivity index (χ3n) is 4.44. The molecular weight excluding hydrogens is 264 g/mol. The van der Waals surface area contributed by atoms with Crippen molar-refractivity contribution in [1.82, 2.24) is 9.55 Å². The van der Waals surface area contributed by atoms with Gasteiger partial charge in [-0.2, -0.15) is 0 Å². The lowest BCUT2D eigenvalue weighted by atomic mass is 9.97. The van der Waals surface area contributed by atoms with Gasteiger partial charge in [-0.25, -0.2) is 0 Å². The van der Waals surface area contributed by atoms with Crippen molar-refractivity contribution < 1.29 is 0 Å². The van der Waals surface area contributed by atoms with Crippen LogP contribution in [0.25, 0.3) is 11.0 Å². The van der Waals surface area contributed by atoms with Crippen molar-refractivity contribution in [1.29, 1.82) is 0 Å². The molecule has 1 N–H and O–H groups in total. The number of halogens is 1. The molecule has 0 saturated heterocycles. The summed E-state index contributed by atoms with van der Waals surface area (Å²) in [6, 6.07) is 6.41. The third kappa shape index (κ3) is 1.72. The second kappa shape index (κ2) is 4.39. The maximum atomic E-state index is 6.35. The molecule has 96 valence electrons. The molecule has 0 spiro atoms. The molecule has 4 heteroatoms. The number of fused-ring (bicyclic) bond motifs is 1. The first kappa shape index (κ1) is 12.2. The number of rotatable bonds is 1. The summed E-state index contributed by atoms with van der Waals surface area (Å²) in [6.45, 7) is 4.64. The first-order valence-corrected chi connectivity index (χ1v) is 7.27. The van der Waals surface area contributed by atoms with Crippen molar-refractivity contribution in [2.75, 3.05) is 0 Å². The Balaban J connectivity index is 2.23. The van der Waals surface area contributed by atoms with Gasteiger partial charge >= 0.3 is 0 Å². The summed E-state index contributed by atoms with van der Waals surface area (Å²) in [5, 5.41) is 0.784. The Bertz CT molecular complexity index is 643. The van der Waals surface area contributed by atoms with Crippen LogP contribution in [0.4, 0.5) is 0 Å². The normalized spacial score (nSPS) is 28.1. The number of aromatic amines is 1. The van der Waals surface area contributed by atoms with Crippen LogP contribution in [0.3, 0.4) is 0 Å². The summed E-state index contributed by atoms with van der Waals surface area (Å²) in [6.07, 6.45) is 2.46. The zero-order valence-electron chi connectivity index (χ0n) is 10.6. The van der Waals surface area contributed by atoms with Crippen LogP contribution in [0.15, 0.2) is 18.2 Å². The minimum Gasteiger partial charge on any atom is -0.331 e. The predicted molar refractivity (Wildman–Crippen MR) is 78.7 cm³/mol. The molecule has 0 radical (unpaired) electrons. The van der Waals surface area contributed by atoms with Gasteiger partial charge in [-0.3, -0.25) is 0 Å². The summed E-state index contributed by atoms with van der Waals surface area (Å²) < 4.78 is 3.03. The van der Waals surface area contributed by atoms with Crippen LogP contribution in [-0.4, -0.2) is 9.55 Å². The van der Waals surface area contributed by atoms with Crippen molar-refractivity contribution in [3.8, 4) is 0 Å². The zero-order valence-corrected chi connectivity index (χ0v) is 12.2. The summed E-state index contributed by atoms with van der Waals surface area (Å²) in [4.78, 5) is 3.27. The molecule has 1 fully saturated rings. The highest BCUT2D eigenvalue weighted by atomic mass is 35.5. The Hall–Kier alpha value is -0.800. The van der Waals surface area contributed by atoms with E-state index in [2.05, 4.69) is 23.4 Å². The second-order valence-electron chi connectivity index (χ2n) is 5.42. The fourth-order valence-corrected chi connectivity index (χ4v) is 3.76. The average Bonchev–Trinajstić information content (AvgIpc) is 2.82. The molecule has 3 unspecified atom stereocenters. The molecule has 0 bridgehead atoms. The van der Waals surface area contributed by atoms with E-state index in [0.29, 0.717) is 12.0 Å². The van der Waals surface area contributed by atoms with Crippen molar-refractivity contribution >= 4 is 34.9 Å². The molecular formula is C14H17ClN2S. The minimum absolute atomic E-state index is 0.473. The molecule has 0 aliphatic heterocycles. The summed E-state index contributed by atoms with van der Waals surface area (Å²) >= 11 is 11.8. The van der Waals surface area contributed by atoms with Crippen molar-refractivity contribution in [3.63, 3.8) is 0 Å². The second-order valence-corrected chi connectivity index (χ2v) is 6.21. The number of benzene rings is 1. The Morgan fingerprint density at radius 2 is 2.11 bits per heavy atom. The number of imidazole rings is 1. The quantitative estimate of drug-likeness (QED) is 0.732. The topological polar surface area (TPSA) is 20.7 Å². The number of hydrogen-bond acceptors (Lipinski definition) is 1. The van der Waals surface area contributed by atoms with Gasteiger partial charge in [0.15, 0.2) is 4.77 Å². The smallest absolute Gasteiger partial charge is 0.178 e. The molecule has 1 aliphatic rings. The van der Waals surface area contributed by atoms with Crippen LogP contribution < -0.4 is 0 Å². The Morgan fingerprint density at radius 3 is 2.78 bits per heavy atom. The van der Waals surface area contributed by atoms with Crippen LogP contribution in [0, 0.1) is 16.6 Å². The van der Waals surface area contributed by atoms with Crippen LogP contribution in [0.1, 0.15) is 32.7 Å². The monoisotopic (exact) mass is 280 g/mol. The van der Waals surface area contributed by atoms with Crippen LogP contribution in [0.2, 0.25) is 5.02 Å². The molecule has 0 amide bonds. The molecule has 3 rings (SSSR count). The van der Waals surface area contributed by atoms with E-state index < -0.39 is 0 Å². The Labute approximate surface area is 117 Å². The Kier molecular flexibility index (Phi) is 2.99. The fourth-order valence-electron chi connectivity index (χ4n) is 3.16. The molecule has 1 aromatic heterocycles. The maximum absolute atomic E-state index is 6.35. The van der Waals surface area contributed by atoms with E-state index in [1.54, 1.807) is 0 Å². The Morgan fingerprint density at radius 1 is 1.33 bits per heavy atom. The van der Waals surface area contributed by atoms with Crippen molar-refractivity contribution in [2.24, 2.45) is 11.8 Å². The standard InChI is InChI=1S/C14H17ClN2S/c1-8-6-7-12(9(8)2)17-13-10(15)4-3-5-11(13)16-14(17)18/h3-5,8-9,12H,6-7H2,1-2H3,(H,16,18). The number of H-pyrrole nitrogens is 1. The van der Waals surface area contributed by atoms with Crippen LogP contribution in [-0.2, 0) is 0 Å².